The lowest BCUT2D eigenvalue weighted by Gasteiger charge is -2.35. The minimum atomic E-state index is 0.138. The molecule has 2 saturated heterocycles. The lowest BCUT2D eigenvalue weighted by Crippen LogP contribution is -2.46. The van der Waals surface area contributed by atoms with Gasteiger partial charge in [-0.05, 0) is 49.2 Å². The summed E-state index contributed by atoms with van der Waals surface area (Å²) in [5, 5.41) is 0. The Bertz CT molecular complexity index is 1140. The van der Waals surface area contributed by atoms with Crippen molar-refractivity contribution in [3.8, 4) is 0 Å². The number of para-hydroxylation sites is 2. The number of benzene rings is 2. The molecule has 0 aliphatic carbocycles. The van der Waals surface area contributed by atoms with Crippen LogP contribution in [0.5, 0.6) is 0 Å². The monoisotopic (exact) mass is 464 g/mol. The molecule has 0 saturated carbocycles. The minimum Gasteiger partial charge on any atom is -0.378 e. The summed E-state index contributed by atoms with van der Waals surface area (Å²) in [6.07, 6.45) is 2.78. The first-order valence-corrected chi connectivity index (χ1v) is 12.4. The molecule has 0 atom stereocenters. The molecule has 3 heterocycles. The third-order valence-corrected chi connectivity index (χ3v) is 7.43. The number of fused-ring (bicyclic) bond motifs is 1. The predicted octanol–water partition coefficient (Wildman–Crippen LogP) is 3.94. The lowest BCUT2D eigenvalue weighted by atomic mass is 9.95. The fraction of sp³-hybridized carbons (Fsp3) is 0.462. The van der Waals surface area contributed by atoms with Crippen molar-refractivity contribution in [1.82, 2.24) is 18.9 Å². The fourth-order valence-electron chi connectivity index (χ4n) is 5.07. The molecule has 33 heavy (non-hydrogen) atoms. The highest BCUT2D eigenvalue weighted by Crippen LogP contribution is 2.24. The van der Waals surface area contributed by atoms with Crippen molar-refractivity contribution in [1.29, 1.82) is 0 Å². The van der Waals surface area contributed by atoms with E-state index in [1.54, 1.807) is 0 Å². The molecular weight excluding hydrogens is 432 g/mol. The van der Waals surface area contributed by atoms with Crippen molar-refractivity contribution in [3.05, 3.63) is 64.9 Å². The van der Waals surface area contributed by atoms with Gasteiger partial charge in [0.2, 0.25) is 5.91 Å². The van der Waals surface area contributed by atoms with Crippen LogP contribution in [0.2, 0.25) is 0 Å². The van der Waals surface area contributed by atoms with E-state index in [0.29, 0.717) is 19.1 Å². The van der Waals surface area contributed by atoms with Gasteiger partial charge in [0.1, 0.15) is 0 Å². The van der Waals surface area contributed by atoms with Crippen LogP contribution in [0.15, 0.2) is 54.6 Å². The van der Waals surface area contributed by atoms with Gasteiger partial charge in [-0.15, -0.1) is 0 Å². The Morgan fingerprint density at radius 3 is 2.21 bits per heavy atom. The molecular formula is C26H32N4O2S. The van der Waals surface area contributed by atoms with Gasteiger partial charge in [-0.2, -0.15) is 0 Å². The van der Waals surface area contributed by atoms with E-state index >= 15 is 0 Å². The molecule has 1 amide bonds. The molecule has 0 spiro atoms. The first-order chi connectivity index (χ1) is 16.2. The molecule has 1 aromatic heterocycles. The summed E-state index contributed by atoms with van der Waals surface area (Å²) in [6, 6.07) is 19.1. The van der Waals surface area contributed by atoms with Crippen LogP contribution in [0.3, 0.4) is 0 Å². The van der Waals surface area contributed by atoms with Crippen LogP contribution >= 0.6 is 12.2 Å². The molecule has 0 radical (unpaired) electrons. The number of amides is 1. The van der Waals surface area contributed by atoms with Gasteiger partial charge in [0.05, 0.1) is 30.9 Å². The molecule has 2 aliphatic rings. The zero-order chi connectivity index (χ0) is 22.6. The van der Waals surface area contributed by atoms with Gasteiger partial charge in [-0.1, -0.05) is 42.5 Å². The maximum atomic E-state index is 12.9. The number of aromatic nitrogens is 2. The largest absolute Gasteiger partial charge is 0.378 e. The van der Waals surface area contributed by atoms with Crippen LogP contribution in [0.25, 0.3) is 11.0 Å². The first kappa shape index (κ1) is 22.3. The average Bonchev–Trinajstić information content (AvgIpc) is 3.14. The highest BCUT2D eigenvalue weighted by molar-refractivity contribution is 7.71. The molecule has 0 N–H and O–H groups in total. The average molecular weight is 465 g/mol. The van der Waals surface area contributed by atoms with Crippen molar-refractivity contribution >= 4 is 29.2 Å². The maximum Gasteiger partial charge on any atom is 0.225 e. The number of hydrogen-bond donors (Lipinski definition) is 0. The zero-order valence-electron chi connectivity index (χ0n) is 19.1. The van der Waals surface area contributed by atoms with Crippen LogP contribution in [-0.4, -0.2) is 64.2 Å². The van der Waals surface area contributed by atoms with E-state index in [4.69, 9.17) is 17.0 Å². The number of ether oxygens (including phenoxy) is 1. The number of imidazole rings is 1. The highest BCUT2D eigenvalue weighted by Gasteiger charge is 2.29. The molecule has 2 aromatic carbocycles. The van der Waals surface area contributed by atoms with Crippen LogP contribution < -0.4 is 0 Å². The number of aryl methyl sites for hydroxylation is 2. The zero-order valence-corrected chi connectivity index (χ0v) is 19.9. The topological polar surface area (TPSA) is 42.6 Å². The number of likely N-dealkylation sites (tertiary alicyclic amines) is 1. The Balaban J connectivity index is 1.27. The lowest BCUT2D eigenvalue weighted by molar-refractivity contribution is -0.141. The molecule has 5 rings (SSSR count). The summed E-state index contributed by atoms with van der Waals surface area (Å²) >= 11 is 5.95. The Kier molecular flexibility index (Phi) is 6.90. The van der Waals surface area contributed by atoms with Crippen molar-refractivity contribution in [2.24, 2.45) is 5.92 Å². The Morgan fingerprint density at radius 2 is 1.52 bits per heavy atom. The number of carbonyl (C=O) groups excluding carboxylic acids is 1. The van der Waals surface area contributed by atoms with Crippen LogP contribution in [0, 0.1) is 10.7 Å². The normalized spacial score (nSPS) is 18.1. The minimum absolute atomic E-state index is 0.138. The Hall–Kier alpha value is -2.48. The van der Waals surface area contributed by atoms with Gasteiger partial charge >= 0.3 is 0 Å². The summed E-state index contributed by atoms with van der Waals surface area (Å²) < 4.78 is 10.8. The van der Waals surface area contributed by atoms with Crippen molar-refractivity contribution in [2.45, 2.75) is 32.5 Å². The molecule has 174 valence electrons. The molecule has 6 nitrogen and oxygen atoms in total. The SMILES string of the molecule is O=C(C1CCN(Cn2c(=S)n(CCc3ccccc3)c3ccccc32)CC1)N1CCOCC1. The maximum absolute atomic E-state index is 12.9. The molecule has 2 fully saturated rings. The quantitative estimate of drug-likeness (QED) is 0.518. The van der Waals surface area contributed by atoms with Crippen LogP contribution in [0.4, 0.5) is 0 Å². The molecule has 7 heteroatoms. The standard InChI is InChI=1S/C26H32N4O2S/c31-25(28-16-18-32-19-17-28)22-11-13-27(14-12-22)20-30-24-9-5-4-8-23(24)29(26(30)33)15-10-21-6-2-1-3-7-21/h1-9,22H,10-20H2. The number of hydrogen-bond acceptors (Lipinski definition) is 4. The third kappa shape index (κ3) is 4.90. The van der Waals surface area contributed by atoms with Gasteiger partial charge in [-0.3, -0.25) is 9.69 Å². The van der Waals surface area contributed by atoms with E-state index in [0.717, 1.165) is 63.4 Å². The van der Waals surface area contributed by atoms with Crippen LogP contribution in [-0.2, 0) is 29.2 Å². The molecule has 0 unspecified atom stereocenters. The Morgan fingerprint density at radius 1 is 0.879 bits per heavy atom. The van der Waals surface area contributed by atoms with Gasteiger partial charge < -0.3 is 18.8 Å². The summed E-state index contributed by atoms with van der Waals surface area (Å²) in [6.45, 7) is 6.28. The second kappa shape index (κ2) is 10.2. The van der Waals surface area contributed by atoms with Gasteiger partial charge in [-0.25, -0.2) is 0 Å². The van der Waals surface area contributed by atoms with Gasteiger partial charge in [0.15, 0.2) is 4.77 Å². The number of nitrogens with zero attached hydrogens (tertiary/aromatic N) is 4. The number of morpholine rings is 1. The molecule has 0 bridgehead atoms. The second-order valence-electron chi connectivity index (χ2n) is 9.06. The summed E-state index contributed by atoms with van der Waals surface area (Å²) in [5.74, 6) is 0.451. The van der Waals surface area contributed by atoms with E-state index in [-0.39, 0.29) is 5.92 Å². The van der Waals surface area contributed by atoms with Crippen molar-refractivity contribution in [2.75, 3.05) is 39.4 Å². The molecule has 3 aromatic rings. The summed E-state index contributed by atoms with van der Waals surface area (Å²) in [5.41, 5.74) is 3.70. The third-order valence-electron chi connectivity index (χ3n) is 6.99. The second-order valence-corrected chi connectivity index (χ2v) is 9.42. The smallest absolute Gasteiger partial charge is 0.225 e. The summed E-state index contributed by atoms with van der Waals surface area (Å²) in [7, 11) is 0. The van der Waals surface area contributed by atoms with Crippen LogP contribution in [0.1, 0.15) is 18.4 Å². The number of piperidine rings is 1. The number of rotatable bonds is 6. The molecule has 2 aliphatic heterocycles. The van der Waals surface area contributed by atoms with Crippen molar-refractivity contribution in [3.63, 3.8) is 0 Å². The van der Waals surface area contributed by atoms with E-state index in [1.165, 1.54) is 16.6 Å². The number of carbonyl (C=O) groups is 1. The van der Waals surface area contributed by atoms with E-state index in [2.05, 4.69) is 68.6 Å². The first-order valence-electron chi connectivity index (χ1n) is 12.0. The Labute approximate surface area is 200 Å². The van der Waals surface area contributed by atoms with E-state index < -0.39 is 0 Å². The van der Waals surface area contributed by atoms with E-state index in [9.17, 15) is 4.79 Å². The fourth-order valence-corrected chi connectivity index (χ4v) is 5.42. The summed E-state index contributed by atoms with van der Waals surface area (Å²) in [4.78, 5) is 17.3. The van der Waals surface area contributed by atoms with E-state index in [1.807, 2.05) is 4.90 Å². The van der Waals surface area contributed by atoms with Gasteiger partial charge in [0.25, 0.3) is 0 Å². The van der Waals surface area contributed by atoms with Crippen molar-refractivity contribution < 1.29 is 9.53 Å². The highest BCUT2D eigenvalue weighted by atomic mass is 32.1. The predicted molar refractivity (Wildman–Crippen MR) is 133 cm³/mol. The van der Waals surface area contributed by atoms with Gasteiger partial charge in [0, 0.05) is 38.6 Å².